The van der Waals surface area contributed by atoms with Crippen LogP contribution in [0.4, 0.5) is 0 Å². The first-order chi connectivity index (χ1) is 57.6. The summed E-state index contributed by atoms with van der Waals surface area (Å²) in [6.45, 7) is 4.66. The highest BCUT2D eigenvalue weighted by atomic mass is 15.1. The molecule has 0 unspecified atom stereocenters. The van der Waals surface area contributed by atoms with E-state index in [0.29, 0.717) is 46.1 Å². The standard InChI is InChI=1S/C55H37N5.C52H33N5/c1-55(2)48-22-11-9-20-44(48)46-32-47-45-21-10-12-23-50(45)60(51(47)33-49(46)55)43-30-41(40-19-13-14-35(28-40)34-56)29-42(31-43)54-58-52(38-17-7-4-8-18-38)57-53(59-54)39-26-24-37(25-27-39)36-15-5-3-6-16-36;53-34-35-13-12-20-41(29-35)43-30-44(32-45(31-43)57-48-22-11-10-21-46(48)47-28-27-42(33-49(47)57)37-16-6-2-7-17-37)52-55-50(39-18-8-3-9-19-39)54-51(56-52)40-25-23-38(24-26-40)36-14-4-1-5-15-36/h3-33H,1-2H3;1-33H. The van der Waals surface area contributed by atoms with Gasteiger partial charge in [-0.05, 0) is 169 Å². The zero-order valence-corrected chi connectivity index (χ0v) is 63.9. The Kier molecular flexibility index (Phi) is 17.8. The van der Waals surface area contributed by atoms with E-state index in [4.69, 9.17) is 29.9 Å². The van der Waals surface area contributed by atoms with Gasteiger partial charge < -0.3 is 9.13 Å². The van der Waals surface area contributed by atoms with E-state index in [1.54, 1.807) is 0 Å². The number of rotatable bonds is 13. The summed E-state index contributed by atoms with van der Waals surface area (Å²) in [5, 5.41) is 24.5. The van der Waals surface area contributed by atoms with E-state index in [9.17, 15) is 10.5 Å². The lowest BCUT2D eigenvalue weighted by atomic mass is 9.82. The molecule has 0 spiro atoms. The van der Waals surface area contributed by atoms with Gasteiger partial charge in [0, 0.05) is 71.7 Å². The van der Waals surface area contributed by atoms with Crippen LogP contribution in [-0.4, -0.2) is 39.0 Å². The lowest BCUT2D eigenvalue weighted by Gasteiger charge is -2.22. The average molecular weight is 1500 g/mol. The van der Waals surface area contributed by atoms with Crippen LogP contribution in [0.3, 0.4) is 0 Å². The predicted octanol–water partition coefficient (Wildman–Crippen LogP) is 26.3. The molecule has 4 aromatic heterocycles. The smallest absolute Gasteiger partial charge is 0.164 e. The lowest BCUT2D eigenvalue weighted by Crippen LogP contribution is -2.15. The molecule has 0 amide bonds. The molecule has 0 fully saturated rings. The molecular weight excluding hydrogens is 1430 g/mol. The van der Waals surface area contributed by atoms with Crippen molar-refractivity contribution in [1.82, 2.24) is 39.0 Å². The minimum atomic E-state index is -0.166. The van der Waals surface area contributed by atoms with Crippen LogP contribution in [-0.2, 0) is 5.41 Å². The summed E-state index contributed by atoms with van der Waals surface area (Å²) in [5.74, 6) is 3.47. The van der Waals surface area contributed by atoms with Crippen LogP contribution in [0.2, 0.25) is 0 Å². The van der Waals surface area contributed by atoms with Gasteiger partial charge in [-0.15, -0.1) is 0 Å². The third kappa shape index (κ3) is 13.2. The molecule has 10 nitrogen and oxygen atoms in total. The Labute approximate surface area is 677 Å². The van der Waals surface area contributed by atoms with Crippen LogP contribution in [0.1, 0.15) is 36.1 Å². The van der Waals surface area contributed by atoms with E-state index >= 15 is 0 Å². The van der Waals surface area contributed by atoms with Crippen LogP contribution in [0.25, 0.3) is 190 Å². The minimum absolute atomic E-state index is 0.166. The monoisotopic (exact) mass is 1490 g/mol. The summed E-state index contributed by atoms with van der Waals surface area (Å²) in [4.78, 5) is 30.8. The molecule has 0 atom stereocenters. The molecule has 0 saturated carbocycles. The fourth-order valence-corrected chi connectivity index (χ4v) is 16.7. The van der Waals surface area contributed by atoms with Crippen LogP contribution in [0, 0.1) is 22.7 Å². The van der Waals surface area contributed by atoms with Gasteiger partial charge in [0.05, 0.1) is 45.3 Å². The Bertz CT molecular complexity index is 7330. The van der Waals surface area contributed by atoms with Gasteiger partial charge in [-0.1, -0.05) is 311 Å². The second kappa shape index (κ2) is 29.7. The maximum absolute atomic E-state index is 9.95. The van der Waals surface area contributed by atoms with Gasteiger partial charge in [0.2, 0.25) is 0 Å². The normalized spacial score (nSPS) is 11.9. The number of hydrogen-bond donors (Lipinski definition) is 0. The average Bonchev–Trinajstić information content (AvgIpc) is 1.55. The zero-order valence-electron chi connectivity index (χ0n) is 63.9. The van der Waals surface area contributed by atoms with Crippen molar-refractivity contribution in [2.75, 3.05) is 0 Å². The molecule has 1 aliphatic carbocycles. The van der Waals surface area contributed by atoms with E-state index in [2.05, 4.69) is 290 Å². The van der Waals surface area contributed by atoms with E-state index < -0.39 is 0 Å². The van der Waals surface area contributed by atoms with Gasteiger partial charge in [-0.3, -0.25) is 0 Å². The van der Waals surface area contributed by atoms with Crippen LogP contribution in [0.15, 0.2) is 388 Å². The molecule has 20 aromatic rings. The number of fused-ring (bicyclic) bond motifs is 9. The molecule has 548 valence electrons. The summed E-state index contributed by atoms with van der Waals surface area (Å²) in [6, 6.07) is 139. The Balaban J connectivity index is 0.000000151. The van der Waals surface area contributed by atoms with Crippen molar-refractivity contribution in [2.24, 2.45) is 0 Å². The molecule has 0 aliphatic heterocycles. The van der Waals surface area contributed by atoms with E-state index in [1.807, 2.05) is 133 Å². The maximum atomic E-state index is 9.95. The Hall–Kier alpha value is -15.9. The number of benzene rings is 16. The van der Waals surface area contributed by atoms with Crippen molar-refractivity contribution in [3.8, 4) is 159 Å². The van der Waals surface area contributed by atoms with E-state index in [0.717, 1.165) is 128 Å². The first-order valence-corrected chi connectivity index (χ1v) is 39.1. The third-order valence-electron chi connectivity index (χ3n) is 22.5. The van der Waals surface area contributed by atoms with Gasteiger partial charge >= 0.3 is 0 Å². The summed E-state index contributed by atoms with van der Waals surface area (Å²) in [5.41, 5.74) is 28.5. The minimum Gasteiger partial charge on any atom is -0.309 e. The molecule has 1 aliphatic rings. The number of para-hydroxylation sites is 2. The zero-order chi connectivity index (χ0) is 78.5. The molecule has 117 heavy (non-hydrogen) atoms. The highest BCUT2D eigenvalue weighted by Gasteiger charge is 2.36. The summed E-state index contributed by atoms with van der Waals surface area (Å²) in [7, 11) is 0. The molecule has 4 heterocycles. The highest BCUT2D eigenvalue weighted by molar-refractivity contribution is 6.13. The van der Waals surface area contributed by atoms with Crippen molar-refractivity contribution < 1.29 is 0 Å². The number of nitriles is 2. The molecule has 0 bridgehead atoms. The molecule has 16 aromatic carbocycles. The number of nitrogens with zero attached hydrogens (tertiary/aromatic N) is 10. The van der Waals surface area contributed by atoms with Crippen LogP contribution in [0.5, 0.6) is 0 Å². The lowest BCUT2D eigenvalue weighted by molar-refractivity contribution is 0.661. The van der Waals surface area contributed by atoms with Crippen molar-refractivity contribution >= 4 is 43.6 Å². The fraction of sp³-hybridized carbons (Fsp3) is 0.0280. The number of hydrogen-bond acceptors (Lipinski definition) is 8. The SMILES string of the molecule is CC1(C)c2ccccc2-c2cc3c4ccccc4n(-c4cc(-c5cccc(C#N)c5)cc(-c5nc(-c6ccccc6)nc(-c6ccc(-c7ccccc7)cc6)n5)c4)c3cc21.N#Cc1cccc(-c2cc(-c3nc(-c4ccccc4)nc(-c4ccc(-c5ccccc5)cc4)n3)cc(-n3c4ccccc4c4ccc(-c5ccccc5)cc43)c2)c1. The molecule has 0 saturated heterocycles. The predicted molar refractivity (Wildman–Crippen MR) is 475 cm³/mol. The maximum Gasteiger partial charge on any atom is 0.164 e. The number of aromatic nitrogens is 8. The van der Waals surface area contributed by atoms with Crippen molar-refractivity contribution in [3.63, 3.8) is 0 Å². The van der Waals surface area contributed by atoms with Crippen LogP contribution < -0.4 is 0 Å². The first-order valence-electron chi connectivity index (χ1n) is 39.1. The summed E-state index contributed by atoms with van der Waals surface area (Å²) < 4.78 is 4.72. The molecular formula is C107H70N10. The van der Waals surface area contributed by atoms with E-state index in [-0.39, 0.29) is 5.41 Å². The van der Waals surface area contributed by atoms with Gasteiger partial charge in [0.1, 0.15) is 0 Å². The van der Waals surface area contributed by atoms with Crippen molar-refractivity contribution in [1.29, 1.82) is 10.5 Å². The second-order valence-electron chi connectivity index (χ2n) is 30.0. The van der Waals surface area contributed by atoms with Gasteiger partial charge in [0.25, 0.3) is 0 Å². The van der Waals surface area contributed by atoms with Gasteiger partial charge in [0.15, 0.2) is 34.9 Å². The highest BCUT2D eigenvalue weighted by Crippen LogP contribution is 2.52. The van der Waals surface area contributed by atoms with Crippen molar-refractivity contribution in [3.05, 3.63) is 411 Å². The molecule has 0 N–H and O–H groups in total. The van der Waals surface area contributed by atoms with Crippen molar-refractivity contribution in [2.45, 2.75) is 19.3 Å². The second-order valence-corrected chi connectivity index (χ2v) is 30.0. The topological polar surface area (TPSA) is 135 Å². The van der Waals surface area contributed by atoms with E-state index in [1.165, 1.54) is 38.4 Å². The Morgan fingerprint density at radius 3 is 0.983 bits per heavy atom. The molecule has 0 radical (unpaired) electrons. The fourth-order valence-electron chi connectivity index (χ4n) is 16.7. The first kappa shape index (κ1) is 70.3. The van der Waals surface area contributed by atoms with Gasteiger partial charge in [-0.25, -0.2) is 29.9 Å². The third-order valence-corrected chi connectivity index (χ3v) is 22.5. The summed E-state index contributed by atoms with van der Waals surface area (Å²) >= 11 is 0. The Morgan fingerprint density at radius 2 is 0.530 bits per heavy atom. The summed E-state index contributed by atoms with van der Waals surface area (Å²) in [6.07, 6.45) is 0. The largest absolute Gasteiger partial charge is 0.309 e. The molecule has 21 rings (SSSR count). The Morgan fingerprint density at radius 1 is 0.214 bits per heavy atom. The van der Waals surface area contributed by atoms with Crippen LogP contribution >= 0.6 is 0 Å². The molecule has 10 heteroatoms. The van der Waals surface area contributed by atoms with Gasteiger partial charge in [-0.2, -0.15) is 10.5 Å². The quantitative estimate of drug-likeness (QED) is 0.111.